The van der Waals surface area contributed by atoms with Gasteiger partial charge >= 0.3 is 0 Å². The molecule has 0 saturated carbocycles. The number of ether oxygens (including phenoxy) is 1. The van der Waals surface area contributed by atoms with Crippen LogP contribution in [0, 0.1) is 11.6 Å². The van der Waals surface area contributed by atoms with E-state index >= 15 is 0 Å². The van der Waals surface area contributed by atoms with Gasteiger partial charge in [0.2, 0.25) is 11.8 Å². The first kappa shape index (κ1) is 20.0. The van der Waals surface area contributed by atoms with E-state index in [2.05, 4.69) is 0 Å². The van der Waals surface area contributed by atoms with E-state index in [0.29, 0.717) is 41.8 Å². The number of hydrogen-bond acceptors (Lipinski definition) is 4. The summed E-state index contributed by atoms with van der Waals surface area (Å²) in [6.45, 7) is 4.60. The fraction of sp³-hybridized carbons (Fsp3) is 0.273. The van der Waals surface area contributed by atoms with Crippen LogP contribution in [0.4, 0.5) is 8.78 Å². The Hall–Kier alpha value is -3.26. The quantitative estimate of drug-likeness (QED) is 0.710. The lowest BCUT2D eigenvalue weighted by molar-refractivity contribution is -0.137. The van der Waals surface area contributed by atoms with Crippen LogP contribution in [0.3, 0.4) is 0 Å². The summed E-state index contributed by atoms with van der Waals surface area (Å²) >= 11 is 0. The molecule has 0 bridgehead atoms. The van der Waals surface area contributed by atoms with Gasteiger partial charge in [0.1, 0.15) is 28.9 Å². The van der Waals surface area contributed by atoms with Crippen molar-refractivity contribution in [2.24, 2.45) is 5.73 Å². The lowest BCUT2D eigenvalue weighted by atomic mass is 9.99. The predicted octanol–water partition coefficient (Wildman–Crippen LogP) is 3.66. The van der Waals surface area contributed by atoms with Crippen LogP contribution in [0.15, 0.2) is 48.5 Å². The number of nitrogens with zero attached hydrogens (tertiary/aromatic N) is 3. The second-order valence-corrected chi connectivity index (χ2v) is 7.61. The Kier molecular flexibility index (Phi) is 5.03. The zero-order valence-corrected chi connectivity index (χ0v) is 16.7. The van der Waals surface area contributed by atoms with Crippen molar-refractivity contribution in [1.82, 2.24) is 14.5 Å². The third kappa shape index (κ3) is 3.43. The number of nitrogens with two attached hydrogens (primary N) is 1. The van der Waals surface area contributed by atoms with Gasteiger partial charge in [-0.05, 0) is 62.4 Å². The molecule has 2 aromatic carbocycles. The molecule has 0 spiro atoms. The molecule has 156 valence electrons. The lowest BCUT2D eigenvalue weighted by Crippen LogP contribution is -2.53. The van der Waals surface area contributed by atoms with Crippen molar-refractivity contribution in [3.05, 3.63) is 66.0 Å². The van der Waals surface area contributed by atoms with E-state index in [0.717, 1.165) is 0 Å². The molecule has 30 heavy (non-hydrogen) atoms. The number of amides is 1. The summed E-state index contributed by atoms with van der Waals surface area (Å²) < 4.78 is 34.8. The zero-order chi connectivity index (χ0) is 21.5. The largest absolute Gasteiger partial charge is 0.438 e. The van der Waals surface area contributed by atoms with Crippen LogP contribution in [0.5, 0.6) is 11.6 Å². The number of carbonyl (C=O) groups excluding carboxylic acids is 1. The molecule has 1 aromatic heterocycles. The van der Waals surface area contributed by atoms with E-state index in [-0.39, 0.29) is 24.1 Å². The lowest BCUT2D eigenvalue weighted by Gasteiger charge is -2.42. The highest BCUT2D eigenvalue weighted by Gasteiger charge is 2.41. The Labute approximate surface area is 172 Å². The van der Waals surface area contributed by atoms with Crippen molar-refractivity contribution in [2.45, 2.75) is 25.9 Å². The molecule has 0 saturated heterocycles. The van der Waals surface area contributed by atoms with Gasteiger partial charge in [-0.15, -0.1) is 0 Å². The van der Waals surface area contributed by atoms with Gasteiger partial charge < -0.3 is 15.4 Å². The molecule has 0 radical (unpaired) electrons. The van der Waals surface area contributed by atoms with E-state index in [9.17, 15) is 13.6 Å². The first-order chi connectivity index (χ1) is 14.3. The monoisotopic (exact) mass is 412 g/mol. The van der Waals surface area contributed by atoms with Crippen LogP contribution in [0.1, 0.15) is 19.7 Å². The third-order valence-electron chi connectivity index (χ3n) is 5.31. The fourth-order valence-corrected chi connectivity index (χ4v) is 3.77. The number of carbonyl (C=O) groups is 1. The van der Waals surface area contributed by atoms with Crippen molar-refractivity contribution < 1.29 is 18.3 Å². The Balaban J connectivity index is 1.85. The van der Waals surface area contributed by atoms with Crippen LogP contribution >= 0.6 is 0 Å². The fourth-order valence-electron chi connectivity index (χ4n) is 3.77. The molecule has 1 amide bonds. The van der Waals surface area contributed by atoms with Gasteiger partial charge in [-0.1, -0.05) is 0 Å². The van der Waals surface area contributed by atoms with Crippen LogP contribution in [0.2, 0.25) is 0 Å². The smallest absolute Gasteiger partial charge is 0.237 e. The molecule has 0 fully saturated rings. The number of fused-ring (bicyclic) bond motifs is 1. The summed E-state index contributed by atoms with van der Waals surface area (Å²) in [6, 6.07) is 11.6. The molecule has 0 unspecified atom stereocenters. The highest BCUT2D eigenvalue weighted by Crippen LogP contribution is 2.41. The number of aromatic nitrogens is 2. The van der Waals surface area contributed by atoms with E-state index < -0.39 is 5.54 Å². The molecule has 4 rings (SSSR count). The minimum absolute atomic E-state index is 0.0894. The van der Waals surface area contributed by atoms with Crippen molar-refractivity contribution in [3.8, 4) is 22.9 Å². The molecule has 2 N–H and O–H groups in total. The third-order valence-corrected chi connectivity index (χ3v) is 5.31. The van der Waals surface area contributed by atoms with Crippen molar-refractivity contribution in [1.29, 1.82) is 0 Å². The van der Waals surface area contributed by atoms with E-state index in [1.165, 1.54) is 36.4 Å². The topological polar surface area (TPSA) is 73.4 Å². The summed E-state index contributed by atoms with van der Waals surface area (Å²) in [5.74, 6) is 0.639. The Morgan fingerprint density at radius 2 is 1.67 bits per heavy atom. The van der Waals surface area contributed by atoms with Crippen molar-refractivity contribution in [3.63, 3.8) is 0 Å². The average molecular weight is 412 g/mol. The zero-order valence-electron chi connectivity index (χ0n) is 16.7. The normalized spacial score (nSPS) is 15.0. The summed E-state index contributed by atoms with van der Waals surface area (Å²) in [4.78, 5) is 18.9. The van der Waals surface area contributed by atoms with E-state index in [1.54, 1.807) is 17.0 Å². The second-order valence-electron chi connectivity index (χ2n) is 7.61. The summed E-state index contributed by atoms with van der Waals surface area (Å²) in [6.07, 6.45) is 0. The predicted molar refractivity (Wildman–Crippen MR) is 108 cm³/mol. The maximum Gasteiger partial charge on any atom is 0.237 e. The van der Waals surface area contributed by atoms with Gasteiger partial charge in [-0.3, -0.25) is 9.36 Å². The molecular formula is C22H22F2N4O2. The molecule has 3 aromatic rings. The molecule has 1 aliphatic heterocycles. The van der Waals surface area contributed by atoms with Crippen molar-refractivity contribution >= 4 is 5.91 Å². The van der Waals surface area contributed by atoms with Gasteiger partial charge in [-0.25, -0.2) is 13.8 Å². The molecule has 0 atom stereocenters. The van der Waals surface area contributed by atoms with E-state index in [4.69, 9.17) is 15.5 Å². The number of imidazole rings is 1. The maximum absolute atomic E-state index is 13.5. The summed E-state index contributed by atoms with van der Waals surface area (Å²) in [7, 11) is 0. The molecule has 6 nitrogen and oxygen atoms in total. The molecule has 2 heterocycles. The van der Waals surface area contributed by atoms with Gasteiger partial charge in [0.15, 0.2) is 0 Å². The van der Waals surface area contributed by atoms with Gasteiger partial charge in [0.25, 0.3) is 0 Å². The molecule has 0 aliphatic carbocycles. The van der Waals surface area contributed by atoms with Crippen molar-refractivity contribution in [2.75, 3.05) is 13.1 Å². The Morgan fingerprint density at radius 3 is 2.27 bits per heavy atom. The Morgan fingerprint density at radius 1 is 1.07 bits per heavy atom. The highest BCUT2D eigenvalue weighted by molar-refractivity contribution is 5.79. The summed E-state index contributed by atoms with van der Waals surface area (Å²) in [5.41, 5.74) is 6.05. The minimum atomic E-state index is -0.728. The number of halogens is 2. The number of benzene rings is 2. The maximum atomic E-state index is 13.5. The van der Waals surface area contributed by atoms with Crippen LogP contribution in [0.25, 0.3) is 11.3 Å². The van der Waals surface area contributed by atoms with Crippen LogP contribution in [-0.4, -0.2) is 33.4 Å². The Bertz CT molecular complexity index is 1080. The van der Waals surface area contributed by atoms with Crippen LogP contribution < -0.4 is 10.5 Å². The number of rotatable bonds is 4. The molecule has 1 aliphatic rings. The SMILES string of the molecule is CC1(C)c2nc(-c3ccc(F)cc3)c(Oc3ccc(F)cc3)n2CCN1C(=O)CN. The first-order valence-corrected chi connectivity index (χ1v) is 9.62. The molecular weight excluding hydrogens is 390 g/mol. The first-order valence-electron chi connectivity index (χ1n) is 9.62. The van der Waals surface area contributed by atoms with Crippen LogP contribution in [-0.2, 0) is 16.9 Å². The highest BCUT2D eigenvalue weighted by atomic mass is 19.1. The minimum Gasteiger partial charge on any atom is -0.438 e. The molecule has 8 heteroatoms. The van der Waals surface area contributed by atoms with E-state index in [1.807, 2.05) is 18.4 Å². The second kappa shape index (κ2) is 7.53. The van der Waals surface area contributed by atoms with Gasteiger partial charge in [0, 0.05) is 18.7 Å². The number of hydrogen-bond donors (Lipinski definition) is 1. The summed E-state index contributed by atoms with van der Waals surface area (Å²) in [5, 5.41) is 0. The standard InChI is InChI=1S/C22H22F2N4O2/c1-22(2)21-26-19(14-3-5-15(23)6-4-14)20(30-17-9-7-16(24)8-10-17)27(21)11-12-28(22)18(29)13-25/h3-10H,11-13,25H2,1-2H3. The average Bonchev–Trinajstić information content (AvgIpc) is 3.09. The van der Waals surface area contributed by atoms with Gasteiger partial charge in [0.05, 0.1) is 12.1 Å². The van der Waals surface area contributed by atoms with Gasteiger partial charge in [-0.2, -0.15) is 0 Å².